The molecule has 0 saturated carbocycles. The lowest BCUT2D eigenvalue weighted by Gasteiger charge is -2.12. The lowest BCUT2D eigenvalue weighted by molar-refractivity contribution is 0.412. The summed E-state index contributed by atoms with van der Waals surface area (Å²) in [4.78, 5) is 16.5. The second-order valence-electron chi connectivity index (χ2n) is 4.94. The van der Waals surface area contributed by atoms with Crippen LogP contribution in [0.4, 0.5) is 0 Å². The maximum atomic E-state index is 12.2. The van der Waals surface area contributed by atoms with Crippen molar-refractivity contribution in [2.45, 2.75) is 13.0 Å². The summed E-state index contributed by atoms with van der Waals surface area (Å²) in [6.45, 7) is 0.581. The molecule has 112 valence electrons. The molecule has 0 bridgehead atoms. The monoisotopic (exact) mass is 358 g/mol. The lowest BCUT2D eigenvalue weighted by atomic mass is 10.2. The first-order valence-electron chi connectivity index (χ1n) is 6.96. The second-order valence-corrected chi connectivity index (χ2v) is 5.79. The fourth-order valence-corrected chi connectivity index (χ4v) is 2.98. The van der Waals surface area contributed by atoms with Crippen LogP contribution in [0.2, 0.25) is 0 Å². The van der Waals surface area contributed by atoms with Crippen LogP contribution in [0.15, 0.2) is 57.9 Å². The first kappa shape index (κ1) is 14.8. The van der Waals surface area contributed by atoms with Crippen LogP contribution in [0.1, 0.15) is 5.69 Å². The van der Waals surface area contributed by atoms with E-state index in [1.54, 1.807) is 23.9 Å². The third-order valence-electron chi connectivity index (χ3n) is 3.58. The van der Waals surface area contributed by atoms with E-state index >= 15 is 0 Å². The fourth-order valence-electron chi connectivity index (χ4n) is 2.45. The van der Waals surface area contributed by atoms with Crippen LogP contribution in [0.5, 0.6) is 5.75 Å². The smallest absolute Gasteiger partial charge is 0.251 e. The molecule has 1 aromatic carbocycles. The molecule has 0 atom stereocenters. The molecule has 0 amide bonds. The first-order chi connectivity index (χ1) is 10.7. The van der Waals surface area contributed by atoms with Gasteiger partial charge in [0.25, 0.3) is 5.56 Å². The zero-order valence-electron chi connectivity index (χ0n) is 12.1. The number of hydrogen-bond acceptors (Lipinski definition) is 3. The summed E-state index contributed by atoms with van der Waals surface area (Å²) in [5.74, 6) is 0.713. The van der Waals surface area contributed by atoms with Gasteiger partial charge in [0.05, 0.1) is 17.1 Å². The van der Waals surface area contributed by atoms with Crippen LogP contribution in [0, 0.1) is 0 Å². The summed E-state index contributed by atoms with van der Waals surface area (Å²) in [5.41, 5.74) is 1.81. The zero-order valence-corrected chi connectivity index (χ0v) is 13.7. The van der Waals surface area contributed by atoms with Gasteiger partial charge >= 0.3 is 0 Å². The minimum atomic E-state index is -0.0205. The van der Waals surface area contributed by atoms with Crippen LogP contribution in [-0.4, -0.2) is 16.7 Å². The number of rotatable bonds is 4. The summed E-state index contributed by atoms with van der Waals surface area (Å²) >= 11 is 3.47. The summed E-state index contributed by atoms with van der Waals surface area (Å²) in [6, 6.07) is 13.1. The van der Waals surface area contributed by atoms with E-state index in [9.17, 15) is 4.79 Å². The number of pyridine rings is 2. The first-order valence-corrected chi connectivity index (χ1v) is 7.75. The number of aryl methyl sites for hydroxylation is 2. The van der Waals surface area contributed by atoms with Crippen LogP contribution < -0.4 is 10.3 Å². The molecular weight excluding hydrogens is 344 g/mol. The molecule has 0 unspecified atom stereocenters. The maximum absolute atomic E-state index is 12.2. The predicted octanol–water partition coefficient (Wildman–Crippen LogP) is 3.41. The van der Waals surface area contributed by atoms with Crippen molar-refractivity contribution in [1.29, 1.82) is 0 Å². The Morgan fingerprint density at radius 3 is 2.82 bits per heavy atom. The molecule has 5 heteroatoms. The van der Waals surface area contributed by atoms with Gasteiger partial charge in [-0.05, 0) is 45.6 Å². The van der Waals surface area contributed by atoms with Crippen LogP contribution in [0.3, 0.4) is 0 Å². The molecule has 3 aromatic rings. The molecule has 0 aliphatic rings. The SMILES string of the molecule is COc1cc2c(ccc(=O)n2CCc2ccccn2)cc1Br. The van der Waals surface area contributed by atoms with E-state index in [0.717, 1.165) is 21.1 Å². The van der Waals surface area contributed by atoms with E-state index in [4.69, 9.17) is 4.74 Å². The predicted molar refractivity (Wildman–Crippen MR) is 90.4 cm³/mol. The van der Waals surface area contributed by atoms with Crippen molar-refractivity contribution >= 4 is 26.8 Å². The van der Waals surface area contributed by atoms with Crippen molar-refractivity contribution in [3.05, 3.63) is 69.2 Å². The van der Waals surface area contributed by atoms with Gasteiger partial charge in [-0.15, -0.1) is 0 Å². The molecule has 0 saturated heterocycles. The van der Waals surface area contributed by atoms with Gasteiger partial charge in [-0.2, -0.15) is 0 Å². The van der Waals surface area contributed by atoms with Crippen LogP contribution >= 0.6 is 15.9 Å². The van der Waals surface area contributed by atoms with Crippen LogP contribution in [-0.2, 0) is 13.0 Å². The average molecular weight is 359 g/mol. The van der Waals surface area contributed by atoms with Crippen molar-refractivity contribution < 1.29 is 4.74 Å². The zero-order chi connectivity index (χ0) is 15.5. The Balaban J connectivity index is 2.04. The van der Waals surface area contributed by atoms with E-state index < -0.39 is 0 Å². The number of halogens is 1. The largest absolute Gasteiger partial charge is 0.495 e. The maximum Gasteiger partial charge on any atom is 0.251 e. The Hall–Kier alpha value is -2.14. The van der Waals surface area contributed by atoms with Gasteiger partial charge in [0.2, 0.25) is 0 Å². The Morgan fingerprint density at radius 1 is 1.23 bits per heavy atom. The number of benzene rings is 1. The second kappa shape index (κ2) is 6.32. The Morgan fingerprint density at radius 2 is 2.09 bits per heavy atom. The van der Waals surface area contributed by atoms with E-state index in [1.165, 1.54) is 0 Å². The van der Waals surface area contributed by atoms with Gasteiger partial charge in [0, 0.05) is 37.0 Å². The number of fused-ring (bicyclic) bond motifs is 1. The van der Waals surface area contributed by atoms with Crippen molar-refractivity contribution in [3.8, 4) is 5.75 Å². The molecule has 3 rings (SSSR count). The van der Waals surface area contributed by atoms with Gasteiger partial charge in [-0.25, -0.2) is 0 Å². The highest BCUT2D eigenvalue weighted by Crippen LogP contribution is 2.29. The highest BCUT2D eigenvalue weighted by molar-refractivity contribution is 9.10. The number of aromatic nitrogens is 2. The van der Waals surface area contributed by atoms with E-state index in [2.05, 4.69) is 20.9 Å². The summed E-state index contributed by atoms with van der Waals surface area (Å²) in [5, 5.41) is 0.994. The van der Waals surface area contributed by atoms with Gasteiger partial charge in [-0.3, -0.25) is 9.78 Å². The number of ether oxygens (including phenoxy) is 1. The van der Waals surface area contributed by atoms with Crippen molar-refractivity contribution in [2.75, 3.05) is 7.11 Å². The molecule has 0 fully saturated rings. The number of methoxy groups -OCH3 is 1. The van der Waals surface area contributed by atoms with Crippen molar-refractivity contribution in [3.63, 3.8) is 0 Å². The molecule has 4 nitrogen and oxygen atoms in total. The van der Waals surface area contributed by atoms with E-state index in [0.29, 0.717) is 18.7 Å². The molecule has 2 heterocycles. The standard InChI is InChI=1S/C17H15BrN2O2/c1-22-16-11-15-12(10-14(16)18)5-6-17(21)20(15)9-7-13-4-2-3-8-19-13/h2-6,8,10-11H,7,9H2,1H3. The van der Waals surface area contributed by atoms with E-state index in [-0.39, 0.29) is 5.56 Å². The normalized spacial score (nSPS) is 10.8. The summed E-state index contributed by atoms with van der Waals surface area (Å²) < 4.78 is 7.97. The Bertz CT molecular complexity index is 860. The molecular formula is C17H15BrN2O2. The number of nitrogens with zero attached hydrogens (tertiary/aromatic N) is 2. The third kappa shape index (κ3) is 2.90. The van der Waals surface area contributed by atoms with Gasteiger partial charge in [-0.1, -0.05) is 6.07 Å². The molecule has 0 radical (unpaired) electrons. The molecule has 2 aromatic heterocycles. The molecule has 22 heavy (non-hydrogen) atoms. The van der Waals surface area contributed by atoms with Gasteiger partial charge < -0.3 is 9.30 Å². The molecule has 0 aliphatic carbocycles. The highest BCUT2D eigenvalue weighted by atomic mass is 79.9. The Labute approximate surface area is 136 Å². The average Bonchev–Trinajstić information content (AvgIpc) is 2.54. The highest BCUT2D eigenvalue weighted by Gasteiger charge is 2.08. The summed E-state index contributed by atoms with van der Waals surface area (Å²) in [7, 11) is 1.62. The van der Waals surface area contributed by atoms with Crippen molar-refractivity contribution in [1.82, 2.24) is 9.55 Å². The van der Waals surface area contributed by atoms with Gasteiger partial charge in [0.1, 0.15) is 5.75 Å². The van der Waals surface area contributed by atoms with Gasteiger partial charge in [0.15, 0.2) is 0 Å². The molecule has 0 spiro atoms. The lowest BCUT2D eigenvalue weighted by Crippen LogP contribution is -2.20. The van der Waals surface area contributed by atoms with E-state index in [1.807, 2.05) is 36.4 Å². The minimum Gasteiger partial charge on any atom is -0.495 e. The third-order valence-corrected chi connectivity index (χ3v) is 4.20. The minimum absolute atomic E-state index is 0.0205. The fraction of sp³-hybridized carbons (Fsp3) is 0.176. The summed E-state index contributed by atoms with van der Waals surface area (Å²) in [6.07, 6.45) is 2.47. The van der Waals surface area contributed by atoms with Crippen LogP contribution in [0.25, 0.3) is 10.9 Å². The molecule has 0 N–H and O–H groups in total. The van der Waals surface area contributed by atoms with Crippen molar-refractivity contribution in [2.24, 2.45) is 0 Å². The topological polar surface area (TPSA) is 44.1 Å². The molecule has 0 aliphatic heterocycles. The Kier molecular flexibility index (Phi) is 4.24. The quantitative estimate of drug-likeness (QED) is 0.717. The number of hydrogen-bond donors (Lipinski definition) is 0.